The molecule has 1 aromatic heterocycles. The smallest absolute Gasteiger partial charge is 0.206 e. The van der Waals surface area contributed by atoms with Gasteiger partial charge in [0.2, 0.25) is 5.96 Å². The highest BCUT2D eigenvalue weighted by Crippen LogP contribution is 2.33. The standard InChI is InChI=1S/C24H25FN4/c1-17-16-23(20-8-12-26-13-9-20)27-24(28(17)3)29-14-10-19(11-15-29)18(2)21-6-4-5-7-22(21)25/h4-9,12-13,16,19H,1-2,10-11,14-15H2,3H3. The largest absolute Gasteiger partial charge is 0.342 e. The number of aliphatic imine (C=N–C) groups is 1. The third kappa shape index (κ3) is 3.86. The average Bonchev–Trinajstić information content (AvgIpc) is 2.76. The second-order valence-electron chi connectivity index (χ2n) is 7.49. The Kier molecular flexibility index (Phi) is 5.30. The van der Waals surface area contributed by atoms with Crippen LogP contribution in [0.5, 0.6) is 0 Å². The van der Waals surface area contributed by atoms with Crippen molar-refractivity contribution in [2.45, 2.75) is 12.8 Å². The Labute approximate surface area is 171 Å². The van der Waals surface area contributed by atoms with Crippen molar-refractivity contribution in [3.05, 3.63) is 90.7 Å². The number of pyridine rings is 1. The fraction of sp³-hybridized carbons (Fsp3) is 0.250. The molecule has 1 aromatic carbocycles. The van der Waals surface area contributed by atoms with Crippen molar-refractivity contribution in [1.82, 2.24) is 14.8 Å². The summed E-state index contributed by atoms with van der Waals surface area (Å²) in [5.41, 5.74) is 4.34. The van der Waals surface area contributed by atoms with E-state index in [2.05, 4.69) is 23.0 Å². The molecule has 148 valence electrons. The number of likely N-dealkylation sites (tertiary alicyclic amines) is 1. The van der Waals surface area contributed by atoms with Crippen LogP contribution in [0.3, 0.4) is 0 Å². The maximum absolute atomic E-state index is 14.1. The summed E-state index contributed by atoms with van der Waals surface area (Å²) in [7, 11) is 1.99. The van der Waals surface area contributed by atoms with Crippen molar-refractivity contribution in [3.63, 3.8) is 0 Å². The molecule has 0 unspecified atom stereocenters. The zero-order valence-electron chi connectivity index (χ0n) is 16.7. The van der Waals surface area contributed by atoms with E-state index in [1.54, 1.807) is 18.5 Å². The van der Waals surface area contributed by atoms with Crippen molar-refractivity contribution in [1.29, 1.82) is 0 Å². The predicted octanol–water partition coefficient (Wildman–Crippen LogP) is 4.80. The molecule has 0 bridgehead atoms. The lowest BCUT2D eigenvalue weighted by Gasteiger charge is -2.39. The summed E-state index contributed by atoms with van der Waals surface area (Å²) >= 11 is 0. The number of aromatic nitrogens is 1. The molecular weight excluding hydrogens is 363 g/mol. The van der Waals surface area contributed by atoms with E-state index in [-0.39, 0.29) is 11.7 Å². The van der Waals surface area contributed by atoms with Crippen LogP contribution in [0.1, 0.15) is 24.0 Å². The average molecular weight is 388 g/mol. The molecule has 4 rings (SSSR count). The number of allylic oxidation sites excluding steroid dienone is 2. The van der Waals surface area contributed by atoms with E-state index in [1.165, 1.54) is 6.07 Å². The molecule has 5 heteroatoms. The van der Waals surface area contributed by atoms with Gasteiger partial charge < -0.3 is 9.80 Å². The van der Waals surface area contributed by atoms with E-state index < -0.39 is 0 Å². The minimum atomic E-state index is -0.195. The Morgan fingerprint density at radius 1 is 1.10 bits per heavy atom. The summed E-state index contributed by atoms with van der Waals surface area (Å²) < 4.78 is 14.1. The molecule has 0 N–H and O–H groups in total. The molecule has 3 heterocycles. The zero-order valence-corrected chi connectivity index (χ0v) is 16.7. The Hall–Kier alpha value is -3.21. The predicted molar refractivity (Wildman–Crippen MR) is 116 cm³/mol. The van der Waals surface area contributed by atoms with E-state index in [4.69, 9.17) is 4.99 Å². The number of rotatable bonds is 3. The first-order valence-corrected chi connectivity index (χ1v) is 9.86. The number of nitrogens with zero attached hydrogens (tertiary/aromatic N) is 4. The molecule has 1 fully saturated rings. The number of piperidine rings is 1. The molecule has 0 amide bonds. The maximum Gasteiger partial charge on any atom is 0.206 e. The van der Waals surface area contributed by atoms with Crippen LogP contribution >= 0.6 is 0 Å². The highest BCUT2D eigenvalue weighted by molar-refractivity contribution is 5.91. The molecule has 2 aliphatic heterocycles. The van der Waals surface area contributed by atoms with E-state index in [9.17, 15) is 4.39 Å². The Morgan fingerprint density at radius 2 is 1.79 bits per heavy atom. The van der Waals surface area contributed by atoms with Gasteiger partial charge in [0.15, 0.2) is 0 Å². The lowest BCUT2D eigenvalue weighted by atomic mass is 9.86. The molecule has 0 radical (unpaired) electrons. The van der Waals surface area contributed by atoms with Crippen molar-refractivity contribution in [2.75, 3.05) is 20.1 Å². The lowest BCUT2D eigenvalue weighted by molar-refractivity contribution is 0.280. The first kappa shape index (κ1) is 19.1. The summed E-state index contributed by atoms with van der Waals surface area (Å²) in [6.07, 6.45) is 7.37. The van der Waals surface area contributed by atoms with Crippen molar-refractivity contribution in [2.24, 2.45) is 10.9 Å². The molecule has 0 aliphatic carbocycles. The molecular formula is C24H25FN4. The van der Waals surface area contributed by atoms with E-state index in [0.29, 0.717) is 5.56 Å². The van der Waals surface area contributed by atoms with Crippen molar-refractivity contribution >= 4 is 17.2 Å². The fourth-order valence-corrected chi connectivity index (χ4v) is 3.92. The van der Waals surface area contributed by atoms with Gasteiger partial charge in [-0.15, -0.1) is 0 Å². The van der Waals surface area contributed by atoms with Crippen LogP contribution in [0.2, 0.25) is 0 Å². The van der Waals surface area contributed by atoms with Gasteiger partial charge in [-0.3, -0.25) is 4.98 Å². The highest BCUT2D eigenvalue weighted by Gasteiger charge is 2.28. The van der Waals surface area contributed by atoms with Crippen LogP contribution in [0.4, 0.5) is 4.39 Å². The van der Waals surface area contributed by atoms with E-state index in [1.807, 2.05) is 42.3 Å². The Bertz CT molecular complexity index is 985. The molecule has 4 nitrogen and oxygen atoms in total. The van der Waals surface area contributed by atoms with Gasteiger partial charge in [0, 0.05) is 49.4 Å². The Morgan fingerprint density at radius 3 is 2.48 bits per heavy atom. The molecule has 1 saturated heterocycles. The van der Waals surface area contributed by atoms with Gasteiger partial charge in [-0.25, -0.2) is 9.38 Å². The van der Waals surface area contributed by atoms with Crippen LogP contribution in [-0.2, 0) is 0 Å². The number of guanidine groups is 1. The number of halogens is 1. The van der Waals surface area contributed by atoms with Crippen molar-refractivity contribution in [3.8, 4) is 0 Å². The number of likely N-dealkylation sites (N-methyl/N-ethyl adjacent to an activating group) is 1. The summed E-state index contributed by atoms with van der Waals surface area (Å²) in [5, 5.41) is 0. The maximum atomic E-state index is 14.1. The third-order valence-electron chi connectivity index (χ3n) is 5.72. The Balaban J connectivity index is 1.49. The van der Waals surface area contributed by atoms with E-state index >= 15 is 0 Å². The number of hydrogen-bond donors (Lipinski definition) is 0. The minimum absolute atomic E-state index is 0.195. The highest BCUT2D eigenvalue weighted by atomic mass is 19.1. The van der Waals surface area contributed by atoms with Crippen LogP contribution in [0.25, 0.3) is 11.3 Å². The summed E-state index contributed by atoms with van der Waals surface area (Å²) in [6, 6.07) is 10.8. The van der Waals surface area contributed by atoms with Gasteiger partial charge in [-0.2, -0.15) is 0 Å². The zero-order chi connectivity index (χ0) is 20.4. The quantitative estimate of drug-likeness (QED) is 0.757. The molecule has 0 saturated carbocycles. The fourth-order valence-electron chi connectivity index (χ4n) is 3.92. The van der Waals surface area contributed by atoms with Gasteiger partial charge in [-0.1, -0.05) is 31.4 Å². The lowest BCUT2D eigenvalue weighted by Crippen LogP contribution is -2.46. The van der Waals surface area contributed by atoms with Crippen LogP contribution in [0.15, 0.2) is 78.7 Å². The number of benzene rings is 1. The molecule has 2 aliphatic rings. The molecule has 29 heavy (non-hydrogen) atoms. The topological polar surface area (TPSA) is 31.7 Å². The first-order valence-electron chi connectivity index (χ1n) is 9.86. The summed E-state index contributed by atoms with van der Waals surface area (Å²) in [5.74, 6) is 0.982. The normalized spacial score (nSPS) is 17.8. The minimum Gasteiger partial charge on any atom is -0.342 e. The second-order valence-corrected chi connectivity index (χ2v) is 7.49. The van der Waals surface area contributed by atoms with Crippen LogP contribution < -0.4 is 0 Å². The van der Waals surface area contributed by atoms with Gasteiger partial charge >= 0.3 is 0 Å². The van der Waals surface area contributed by atoms with Crippen LogP contribution in [0, 0.1) is 11.7 Å². The SMILES string of the molecule is C=C(c1ccccc1F)C1CCN(C2=NC(c3ccncc3)=CC(=C)N2C)CC1. The molecule has 2 aromatic rings. The van der Waals surface area contributed by atoms with Gasteiger partial charge in [0.25, 0.3) is 0 Å². The van der Waals surface area contributed by atoms with Gasteiger partial charge in [-0.05, 0) is 48.6 Å². The van der Waals surface area contributed by atoms with Crippen molar-refractivity contribution < 1.29 is 4.39 Å². The van der Waals surface area contributed by atoms with E-state index in [0.717, 1.165) is 54.4 Å². The van der Waals surface area contributed by atoms with Crippen LogP contribution in [-0.4, -0.2) is 40.9 Å². The molecule has 0 atom stereocenters. The summed E-state index contributed by atoms with van der Waals surface area (Å²) in [6.45, 7) is 10.1. The van der Waals surface area contributed by atoms with Gasteiger partial charge in [0.05, 0.1) is 5.70 Å². The monoisotopic (exact) mass is 388 g/mol. The summed E-state index contributed by atoms with van der Waals surface area (Å²) in [4.78, 5) is 13.3. The second kappa shape index (κ2) is 8.03. The number of hydrogen-bond acceptors (Lipinski definition) is 4. The molecule has 0 spiro atoms. The van der Waals surface area contributed by atoms with Gasteiger partial charge in [0.1, 0.15) is 5.82 Å². The third-order valence-corrected chi connectivity index (χ3v) is 5.72. The first-order chi connectivity index (χ1) is 14.0.